The van der Waals surface area contributed by atoms with Crippen molar-refractivity contribution in [2.75, 3.05) is 39.3 Å². The fraction of sp³-hybridized carbons (Fsp3) is 0.583. The number of aromatic nitrogens is 1. The van der Waals surface area contributed by atoms with Crippen molar-refractivity contribution in [2.45, 2.75) is 12.0 Å². The van der Waals surface area contributed by atoms with E-state index in [0.29, 0.717) is 13.2 Å². The number of nitrogens with zero attached hydrogens (tertiary/aromatic N) is 1. The number of pyridine rings is 1. The lowest BCUT2D eigenvalue weighted by molar-refractivity contribution is -0.00625. The number of ether oxygens (including phenoxy) is 3. The van der Waals surface area contributed by atoms with Crippen LogP contribution in [0.3, 0.4) is 0 Å². The Balaban J connectivity index is 1.92. The molecule has 0 bridgehead atoms. The van der Waals surface area contributed by atoms with Crippen LogP contribution in [0.5, 0.6) is 5.75 Å². The van der Waals surface area contributed by atoms with Gasteiger partial charge in [-0.25, -0.2) is 4.98 Å². The van der Waals surface area contributed by atoms with Crippen LogP contribution in [0.1, 0.15) is 6.42 Å². The smallest absolute Gasteiger partial charge is 0.137 e. The van der Waals surface area contributed by atoms with E-state index in [1.54, 1.807) is 20.4 Å². The molecule has 0 aliphatic carbocycles. The molecule has 1 N–H and O–H groups in total. The van der Waals surface area contributed by atoms with Gasteiger partial charge in [-0.2, -0.15) is 0 Å². The molecule has 1 atom stereocenters. The average Bonchev–Trinajstić information content (AvgIpc) is 2.86. The van der Waals surface area contributed by atoms with Gasteiger partial charge in [-0.3, -0.25) is 0 Å². The largest absolute Gasteiger partial charge is 0.495 e. The van der Waals surface area contributed by atoms with E-state index >= 15 is 0 Å². The van der Waals surface area contributed by atoms with E-state index in [4.69, 9.17) is 14.2 Å². The molecule has 0 spiro atoms. The number of rotatable bonds is 5. The highest BCUT2D eigenvalue weighted by Gasteiger charge is 2.34. The van der Waals surface area contributed by atoms with E-state index in [1.165, 1.54) is 0 Å². The summed E-state index contributed by atoms with van der Waals surface area (Å²) in [6, 6.07) is 3.76. The van der Waals surface area contributed by atoms with Gasteiger partial charge < -0.3 is 19.5 Å². The molecule has 1 unspecified atom stereocenters. The first-order valence-electron chi connectivity index (χ1n) is 5.65. The van der Waals surface area contributed by atoms with Gasteiger partial charge in [0.1, 0.15) is 17.2 Å². The Labute approximate surface area is 101 Å². The molecule has 1 aromatic rings. The molecule has 0 amide bonds. The van der Waals surface area contributed by atoms with Crippen molar-refractivity contribution < 1.29 is 14.2 Å². The van der Waals surface area contributed by atoms with Crippen LogP contribution in [0.4, 0.5) is 5.82 Å². The Morgan fingerprint density at radius 2 is 2.35 bits per heavy atom. The Morgan fingerprint density at radius 3 is 2.88 bits per heavy atom. The number of hydrogen-bond donors (Lipinski definition) is 1. The summed E-state index contributed by atoms with van der Waals surface area (Å²) in [4.78, 5) is 4.24. The van der Waals surface area contributed by atoms with E-state index in [-0.39, 0.29) is 5.60 Å². The summed E-state index contributed by atoms with van der Waals surface area (Å²) in [5, 5.41) is 3.26. The molecule has 1 aromatic heterocycles. The van der Waals surface area contributed by atoms with E-state index < -0.39 is 0 Å². The molecule has 0 radical (unpaired) electrons. The molecule has 2 heterocycles. The molecule has 0 saturated carbocycles. The summed E-state index contributed by atoms with van der Waals surface area (Å²) >= 11 is 0. The van der Waals surface area contributed by atoms with Crippen LogP contribution in [0.25, 0.3) is 0 Å². The maximum Gasteiger partial charge on any atom is 0.137 e. The number of hydrogen-bond acceptors (Lipinski definition) is 5. The third-order valence-electron chi connectivity index (χ3n) is 3.06. The second-order valence-corrected chi connectivity index (χ2v) is 4.13. The van der Waals surface area contributed by atoms with Gasteiger partial charge in [0, 0.05) is 26.7 Å². The number of anilines is 1. The monoisotopic (exact) mass is 238 g/mol. The zero-order valence-corrected chi connectivity index (χ0v) is 10.2. The minimum absolute atomic E-state index is 0.221. The highest BCUT2D eigenvalue weighted by molar-refractivity contribution is 5.37. The number of methoxy groups -OCH3 is 2. The molecule has 5 nitrogen and oxygen atoms in total. The zero-order chi connectivity index (χ0) is 12.1. The topological polar surface area (TPSA) is 52.6 Å². The predicted molar refractivity (Wildman–Crippen MR) is 64.5 cm³/mol. The zero-order valence-electron chi connectivity index (χ0n) is 10.2. The first kappa shape index (κ1) is 12.1. The summed E-state index contributed by atoms with van der Waals surface area (Å²) in [5.41, 5.74) is -0.221. The highest BCUT2D eigenvalue weighted by atomic mass is 16.5. The van der Waals surface area contributed by atoms with Crippen molar-refractivity contribution >= 4 is 5.82 Å². The fourth-order valence-electron chi connectivity index (χ4n) is 1.82. The second-order valence-electron chi connectivity index (χ2n) is 4.13. The van der Waals surface area contributed by atoms with Gasteiger partial charge in [0.05, 0.1) is 19.9 Å². The molecule has 17 heavy (non-hydrogen) atoms. The van der Waals surface area contributed by atoms with E-state index in [0.717, 1.165) is 24.6 Å². The van der Waals surface area contributed by atoms with Gasteiger partial charge in [0.25, 0.3) is 0 Å². The Bertz CT molecular complexity index is 347. The van der Waals surface area contributed by atoms with Crippen LogP contribution in [-0.4, -0.2) is 44.6 Å². The fourth-order valence-corrected chi connectivity index (χ4v) is 1.82. The normalized spacial score (nSPS) is 23.6. The van der Waals surface area contributed by atoms with Crippen molar-refractivity contribution in [3.8, 4) is 5.75 Å². The molecule has 0 aromatic carbocycles. The molecule has 2 rings (SSSR count). The summed E-state index contributed by atoms with van der Waals surface area (Å²) in [5.74, 6) is 1.57. The van der Waals surface area contributed by atoms with Crippen molar-refractivity contribution in [3.05, 3.63) is 18.3 Å². The Hall–Kier alpha value is -1.33. The second kappa shape index (κ2) is 5.33. The number of nitrogens with one attached hydrogen (secondary N) is 1. The van der Waals surface area contributed by atoms with Gasteiger partial charge in [-0.05, 0) is 12.1 Å². The van der Waals surface area contributed by atoms with Crippen LogP contribution in [0, 0.1) is 0 Å². The maximum absolute atomic E-state index is 5.53. The molecule has 1 saturated heterocycles. The van der Waals surface area contributed by atoms with Gasteiger partial charge >= 0.3 is 0 Å². The van der Waals surface area contributed by atoms with Gasteiger partial charge in [0.15, 0.2) is 0 Å². The van der Waals surface area contributed by atoms with Gasteiger partial charge in [-0.1, -0.05) is 0 Å². The molecule has 94 valence electrons. The summed E-state index contributed by atoms with van der Waals surface area (Å²) in [6.45, 7) is 2.08. The molecular formula is C12H18N2O3. The van der Waals surface area contributed by atoms with Gasteiger partial charge in [0.2, 0.25) is 0 Å². The van der Waals surface area contributed by atoms with Crippen molar-refractivity contribution in [3.63, 3.8) is 0 Å². The lowest BCUT2D eigenvalue weighted by Crippen LogP contribution is -2.39. The minimum atomic E-state index is -0.221. The van der Waals surface area contributed by atoms with E-state index in [9.17, 15) is 0 Å². The first-order valence-corrected chi connectivity index (χ1v) is 5.65. The summed E-state index contributed by atoms with van der Waals surface area (Å²) < 4.78 is 15.9. The van der Waals surface area contributed by atoms with Crippen molar-refractivity contribution in [1.82, 2.24) is 4.98 Å². The van der Waals surface area contributed by atoms with Crippen LogP contribution in [-0.2, 0) is 9.47 Å². The molecule has 5 heteroatoms. The minimum Gasteiger partial charge on any atom is -0.495 e. The SMILES string of the molecule is COc1ccc(NCC2(OC)CCOC2)nc1. The van der Waals surface area contributed by atoms with Crippen LogP contribution < -0.4 is 10.1 Å². The van der Waals surface area contributed by atoms with E-state index in [1.807, 2.05) is 12.1 Å². The molecule has 1 aliphatic heterocycles. The Morgan fingerprint density at radius 1 is 1.47 bits per heavy atom. The standard InChI is InChI=1S/C12H18N2O3/c1-15-10-3-4-11(13-7-10)14-8-12(16-2)5-6-17-9-12/h3-4,7H,5-6,8-9H2,1-2H3,(H,13,14). The van der Waals surface area contributed by atoms with Crippen LogP contribution in [0.2, 0.25) is 0 Å². The molecule has 1 aliphatic rings. The molecular weight excluding hydrogens is 220 g/mol. The van der Waals surface area contributed by atoms with Crippen molar-refractivity contribution in [2.24, 2.45) is 0 Å². The quantitative estimate of drug-likeness (QED) is 0.838. The van der Waals surface area contributed by atoms with Crippen LogP contribution in [0.15, 0.2) is 18.3 Å². The lowest BCUT2D eigenvalue weighted by Gasteiger charge is -2.26. The Kier molecular flexibility index (Phi) is 3.81. The summed E-state index contributed by atoms with van der Waals surface area (Å²) in [6.07, 6.45) is 2.60. The third kappa shape index (κ3) is 2.87. The third-order valence-corrected chi connectivity index (χ3v) is 3.06. The predicted octanol–water partition coefficient (Wildman–Crippen LogP) is 1.31. The summed E-state index contributed by atoms with van der Waals surface area (Å²) in [7, 11) is 3.34. The van der Waals surface area contributed by atoms with Crippen molar-refractivity contribution in [1.29, 1.82) is 0 Å². The average molecular weight is 238 g/mol. The van der Waals surface area contributed by atoms with Gasteiger partial charge in [-0.15, -0.1) is 0 Å². The highest BCUT2D eigenvalue weighted by Crippen LogP contribution is 2.23. The van der Waals surface area contributed by atoms with Crippen LogP contribution >= 0.6 is 0 Å². The lowest BCUT2D eigenvalue weighted by atomic mass is 10.0. The van der Waals surface area contributed by atoms with E-state index in [2.05, 4.69) is 10.3 Å². The maximum atomic E-state index is 5.53. The molecule has 1 fully saturated rings. The first-order chi connectivity index (χ1) is 8.28.